The van der Waals surface area contributed by atoms with E-state index in [1.54, 1.807) is 0 Å². The van der Waals surface area contributed by atoms with Crippen molar-refractivity contribution in [2.24, 2.45) is 0 Å². The molecule has 68 heavy (non-hydrogen) atoms. The fraction of sp³-hybridized carbons (Fsp3) is 0.983. The lowest BCUT2D eigenvalue weighted by Crippen LogP contribution is -2.60. The van der Waals surface area contributed by atoms with Gasteiger partial charge in [0.25, 0.3) is 0 Å². The second-order valence-corrected chi connectivity index (χ2v) is 21.5. The number of rotatable bonds is 53. The molecule has 406 valence electrons. The van der Waals surface area contributed by atoms with Crippen LogP contribution in [0.4, 0.5) is 0 Å². The van der Waals surface area contributed by atoms with E-state index in [2.05, 4.69) is 19.2 Å². The quantitative estimate of drug-likeness (QED) is 0.0330. The summed E-state index contributed by atoms with van der Waals surface area (Å²) in [6, 6.07) is -0.713. The zero-order valence-electron chi connectivity index (χ0n) is 45.2. The minimum Gasteiger partial charge on any atom is -0.394 e. The van der Waals surface area contributed by atoms with Gasteiger partial charge >= 0.3 is 0 Å². The zero-order chi connectivity index (χ0) is 49.4. The van der Waals surface area contributed by atoms with E-state index in [1.807, 2.05) is 0 Å². The zero-order valence-corrected chi connectivity index (χ0v) is 45.2. The average Bonchev–Trinajstić information content (AvgIpc) is 3.34. The molecular formula is C59H117NO8. The molecule has 0 aromatic heterocycles. The molecule has 1 fully saturated rings. The van der Waals surface area contributed by atoms with Gasteiger partial charge in [0.2, 0.25) is 5.91 Å². The summed E-state index contributed by atoms with van der Waals surface area (Å²) in [6.45, 7) is 3.89. The number of hydrogen-bond donors (Lipinski definition) is 6. The standard InChI is InChI=1S/C59H117NO8/c1-3-5-7-9-11-13-15-17-19-21-22-23-24-25-26-27-28-29-30-31-32-33-35-37-39-41-43-45-47-49-55(63)60-52(51-67-59-58(66)57(65)56(64)54(50-61)68-59)53(62)48-46-44-42-40-38-36-34-20-18-16-14-12-10-8-6-4-2/h52-54,56-59,61-62,64-66H,3-51H2,1-2H3,(H,60,63). The van der Waals surface area contributed by atoms with E-state index in [-0.39, 0.29) is 12.5 Å². The molecule has 0 saturated carbocycles. The summed E-state index contributed by atoms with van der Waals surface area (Å²) in [5.74, 6) is -0.136. The summed E-state index contributed by atoms with van der Waals surface area (Å²) >= 11 is 0. The predicted molar refractivity (Wildman–Crippen MR) is 286 cm³/mol. The molecule has 0 aliphatic carbocycles. The topological polar surface area (TPSA) is 149 Å². The Morgan fingerprint density at radius 3 is 1.04 bits per heavy atom. The first kappa shape index (κ1) is 65.2. The fourth-order valence-electron chi connectivity index (χ4n) is 10.2. The van der Waals surface area contributed by atoms with E-state index < -0.39 is 49.5 Å². The first-order chi connectivity index (χ1) is 33.3. The number of nitrogens with one attached hydrogen (secondary N) is 1. The Labute approximate surface area is 421 Å². The number of aliphatic hydroxyl groups is 5. The third-order valence-electron chi connectivity index (χ3n) is 15.0. The smallest absolute Gasteiger partial charge is 0.220 e. The Kier molecular flexibility index (Phi) is 47.7. The van der Waals surface area contributed by atoms with Crippen LogP contribution in [0.1, 0.15) is 316 Å². The van der Waals surface area contributed by atoms with Crippen molar-refractivity contribution in [1.82, 2.24) is 5.32 Å². The van der Waals surface area contributed by atoms with Crippen LogP contribution < -0.4 is 5.32 Å². The second kappa shape index (κ2) is 49.8. The molecule has 1 aliphatic rings. The molecular weight excluding hydrogens is 851 g/mol. The molecule has 6 N–H and O–H groups in total. The fourth-order valence-corrected chi connectivity index (χ4v) is 10.2. The summed E-state index contributed by atoms with van der Waals surface area (Å²) in [7, 11) is 0. The van der Waals surface area contributed by atoms with E-state index >= 15 is 0 Å². The third-order valence-corrected chi connectivity index (χ3v) is 15.0. The first-order valence-corrected chi connectivity index (χ1v) is 30.2. The lowest BCUT2D eigenvalue weighted by atomic mass is 9.99. The predicted octanol–water partition coefficient (Wildman–Crippen LogP) is 15.0. The molecule has 0 aromatic rings. The maximum Gasteiger partial charge on any atom is 0.220 e. The van der Waals surface area contributed by atoms with Crippen LogP contribution in [-0.2, 0) is 14.3 Å². The van der Waals surface area contributed by atoms with E-state index in [4.69, 9.17) is 9.47 Å². The van der Waals surface area contributed by atoms with Crippen molar-refractivity contribution in [3.63, 3.8) is 0 Å². The Hall–Kier alpha value is -0.810. The molecule has 9 heteroatoms. The first-order valence-electron chi connectivity index (χ1n) is 30.2. The number of hydrogen-bond acceptors (Lipinski definition) is 8. The summed E-state index contributed by atoms with van der Waals surface area (Å²) in [5.41, 5.74) is 0. The van der Waals surface area contributed by atoms with Crippen LogP contribution >= 0.6 is 0 Å². The summed E-state index contributed by atoms with van der Waals surface area (Å²) < 4.78 is 11.3. The Morgan fingerprint density at radius 2 is 0.735 bits per heavy atom. The van der Waals surface area contributed by atoms with Crippen LogP contribution in [0.15, 0.2) is 0 Å². The van der Waals surface area contributed by atoms with Crippen LogP contribution in [0.5, 0.6) is 0 Å². The molecule has 0 spiro atoms. The Balaban J connectivity index is 2.12. The molecule has 1 heterocycles. The largest absolute Gasteiger partial charge is 0.394 e. The Morgan fingerprint density at radius 1 is 0.441 bits per heavy atom. The lowest BCUT2D eigenvalue weighted by Gasteiger charge is -2.40. The van der Waals surface area contributed by atoms with Crippen molar-refractivity contribution >= 4 is 5.91 Å². The van der Waals surface area contributed by atoms with Crippen LogP contribution in [0.25, 0.3) is 0 Å². The van der Waals surface area contributed by atoms with Crippen molar-refractivity contribution in [1.29, 1.82) is 0 Å². The van der Waals surface area contributed by atoms with Gasteiger partial charge in [0, 0.05) is 6.42 Å². The molecule has 0 bridgehead atoms. The number of carbonyl (C=O) groups excluding carboxylic acids is 1. The van der Waals surface area contributed by atoms with Crippen LogP contribution in [0.3, 0.4) is 0 Å². The summed E-state index contributed by atoms with van der Waals surface area (Å²) in [5, 5.41) is 54.7. The third kappa shape index (κ3) is 38.8. The molecule has 0 aromatic carbocycles. The molecule has 1 rings (SSSR count). The molecule has 9 nitrogen and oxygen atoms in total. The minimum absolute atomic E-state index is 0.131. The summed E-state index contributed by atoms with van der Waals surface area (Å²) in [6.07, 6.45) is 52.9. The van der Waals surface area contributed by atoms with Gasteiger partial charge in [-0.1, -0.05) is 296 Å². The monoisotopic (exact) mass is 968 g/mol. The molecule has 0 radical (unpaired) electrons. The van der Waals surface area contributed by atoms with Crippen LogP contribution in [-0.4, -0.2) is 87.5 Å². The van der Waals surface area contributed by atoms with Crippen molar-refractivity contribution in [2.45, 2.75) is 358 Å². The molecule has 1 amide bonds. The molecule has 1 saturated heterocycles. The van der Waals surface area contributed by atoms with Crippen molar-refractivity contribution in [3.05, 3.63) is 0 Å². The lowest BCUT2D eigenvalue weighted by molar-refractivity contribution is -0.302. The second-order valence-electron chi connectivity index (χ2n) is 21.5. The van der Waals surface area contributed by atoms with Gasteiger partial charge in [0.05, 0.1) is 25.4 Å². The van der Waals surface area contributed by atoms with E-state index in [1.165, 1.54) is 250 Å². The van der Waals surface area contributed by atoms with Crippen molar-refractivity contribution in [3.8, 4) is 0 Å². The molecule has 7 atom stereocenters. The van der Waals surface area contributed by atoms with Gasteiger partial charge < -0.3 is 40.3 Å². The number of aliphatic hydroxyl groups excluding tert-OH is 5. The van der Waals surface area contributed by atoms with Gasteiger partial charge in [-0.3, -0.25) is 4.79 Å². The normalized spacial score (nSPS) is 19.4. The SMILES string of the molecule is CCCCCCCCCCCCCCCCCCCCCCCCCCCCCCCC(=O)NC(COC1OC(CO)C(O)C(O)C1O)C(O)CCCCCCCCCCCCCCCCCC. The van der Waals surface area contributed by atoms with Gasteiger partial charge in [-0.2, -0.15) is 0 Å². The van der Waals surface area contributed by atoms with E-state index in [0.717, 1.165) is 38.5 Å². The van der Waals surface area contributed by atoms with Gasteiger partial charge in [-0.25, -0.2) is 0 Å². The highest BCUT2D eigenvalue weighted by molar-refractivity contribution is 5.76. The number of amides is 1. The van der Waals surface area contributed by atoms with Gasteiger partial charge in [-0.15, -0.1) is 0 Å². The van der Waals surface area contributed by atoms with E-state index in [9.17, 15) is 30.3 Å². The number of ether oxygens (including phenoxy) is 2. The van der Waals surface area contributed by atoms with Gasteiger partial charge in [0.1, 0.15) is 24.4 Å². The highest BCUT2D eigenvalue weighted by Crippen LogP contribution is 2.24. The Bertz CT molecular complexity index is 1030. The van der Waals surface area contributed by atoms with Crippen LogP contribution in [0.2, 0.25) is 0 Å². The highest BCUT2D eigenvalue weighted by atomic mass is 16.7. The van der Waals surface area contributed by atoms with Crippen molar-refractivity contribution in [2.75, 3.05) is 13.2 Å². The molecule has 1 aliphatic heterocycles. The number of carbonyl (C=O) groups is 1. The van der Waals surface area contributed by atoms with Gasteiger partial charge in [0.15, 0.2) is 6.29 Å². The molecule has 7 unspecified atom stereocenters. The van der Waals surface area contributed by atoms with Crippen LogP contribution in [0, 0.1) is 0 Å². The van der Waals surface area contributed by atoms with E-state index in [0.29, 0.717) is 12.8 Å². The maximum atomic E-state index is 13.1. The number of unbranched alkanes of at least 4 members (excludes halogenated alkanes) is 43. The average molecular weight is 969 g/mol. The van der Waals surface area contributed by atoms with Crippen molar-refractivity contribution < 1.29 is 39.8 Å². The maximum absolute atomic E-state index is 13.1. The summed E-state index contributed by atoms with van der Waals surface area (Å²) in [4.78, 5) is 13.1. The highest BCUT2D eigenvalue weighted by Gasteiger charge is 2.44. The minimum atomic E-state index is -1.55. The van der Waals surface area contributed by atoms with Gasteiger partial charge in [-0.05, 0) is 12.8 Å².